The zero-order valence-corrected chi connectivity index (χ0v) is 24.2. The Balaban J connectivity index is 1.25. The van der Waals surface area contributed by atoms with E-state index in [-0.39, 0.29) is 16.9 Å². The smallest absolute Gasteiger partial charge is 0.318 e. The lowest BCUT2D eigenvalue weighted by Crippen LogP contribution is -2.51. The molecule has 0 aromatic heterocycles. The third kappa shape index (κ3) is 5.22. The van der Waals surface area contributed by atoms with Gasteiger partial charge in [0.15, 0.2) is 5.78 Å². The molecular weight excluding hydrogens is 476 g/mol. The molecule has 0 radical (unpaired) electrons. The molecule has 1 heterocycles. The second-order valence-electron chi connectivity index (χ2n) is 13.4. The lowest BCUT2D eigenvalue weighted by molar-refractivity contribution is -0.117. The Hall–Kier alpha value is -1.73. The van der Waals surface area contributed by atoms with Gasteiger partial charge in [0.05, 0.1) is 5.71 Å². The van der Waals surface area contributed by atoms with E-state index in [1.807, 2.05) is 18.0 Å². The number of oxime groups is 1. The number of carbonyl (C=O) groups excluding carboxylic acids is 2. The van der Waals surface area contributed by atoms with Crippen LogP contribution in [0.25, 0.3) is 0 Å². The van der Waals surface area contributed by atoms with Crippen molar-refractivity contribution in [3.63, 3.8) is 0 Å². The summed E-state index contributed by atoms with van der Waals surface area (Å²) in [5, 5.41) is 11.2. The van der Waals surface area contributed by atoms with Crippen LogP contribution < -0.4 is 10.6 Å². The van der Waals surface area contributed by atoms with Crippen LogP contribution in [-0.4, -0.2) is 61.8 Å². The maximum absolute atomic E-state index is 13.1. The van der Waals surface area contributed by atoms with Crippen molar-refractivity contribution in [2.45, 2.75) is 97.4 Å². The summed E-state index contributed by atoms with van der Waals surface area (Å²) in [5.41, 5.74) is 2.83. The van der Waals surface area contributed by atoms with Crippen molar-refractivity contribution in [1.82, 2.24) is 15.5 Å². The average molecular weight is 527 g/mol. The molecule has 0 spiro atoms. The molecule has 212 valence electrons. The number of hydrogen-bond donors (Lipinski definition) is 2. The Kier molecular flexibility index (Phi) is 8.35. The third-order valence-corrected chi connectivity index (χ3v) is 11.5. The van der Waals surface area contributed by atoms with E-state index in [0.29, 0.717) is 49.1 Å². The molecule has 7 heteroatoms. The molecule has 1 unspecified atom stereocenters. The molecule has 4 aliphatic carbocycles. The van der Waals surface area contributed by atoms with E-state index < -0.39 is 0 Å². The first-order valence-corrected chi connectivity index (χ1v) is 15.4. The van der Waals surface area contributed by atoms with Gasteiger partial charge in [-0.1, -0.05) is 31.0 Å². The van der Waals surface area contributed by atoms with Crippen molar-refractivity contribution in [3.8, 4) is 0 Å². The van der Waals surface area contributed by atoms with Gasteiger partial charge in [0.1, 0.15) is 0 Å². The summed E-state index contributed by atoms with van der Waals surface area (Å²) >= 11 is 0. The molecule has 4 fully saturated rings. The van der Waals surface area contributed by atoms with E-state index in [1.165, 1.54) is 44.1 Å². The standard InChI is InChI=1S/C31H50N4O3/c1-21(34-38-29(37)35(18-17-32-4)20-23-7-5-6-16-33-23)26-10-11-27-25-9-8-22-19-24(36)12-14-30(22,2)28(25)13-15-31(26,27)3/h19,23,25-28,32-33H,5-18,20H2,1-4H3/b34-21+/t23?,25-,26+,27-,28-,30-,31+/m0/s1. The van der Waals surface area contributed by atoms with Crippen molar-refractivity contribution >= 4 is 17.6 Å². The maximum Gasteiger partial charge on any atom is 0.436 e. The van der Waals surface area contributed by atoms with Crippen LogP contribution in [0, 0.1) is 34.5 Å². The molecule has 0 aromatic rings. The number of allylic oxidation sites excluding steroid dienone is 1. The number of ketones is 1. The number of likely N-dealkylation sites (N-methyl/N-ethyl adjacent to an activating group) is 1. The van der Waals surface area contributed by atoms with Crippen LogP contribution in [0.4, 0.5) is 4.79 Å². The summed E-state index contributed by atoms with van der Waals surface area (Å²) in [7, 11) is 1.91. The van der Waals surface area contributed by atoms with Crippen molar-refractivity contribution in [2.75, 3.05) is 33.2 Å². The van der Waals surface area contributed by atoms with Crippen molar-refractivity contribution in [3.05, 3.63) is 11.6 Å². The highest BCUT2D eigenvalue weighted by atomic mass is 16.7. The molecule has 0 aromatic carbocycles. The van der Waals surface area contributed by atoms with Gasteiger partial charge in [0.2, 0.25) is 0 Å². The summed E-state index contributed by atoms with van der Waals surface area (Å²) in [5.74, 6) is 2.80. The van der Waals surface area contributed by atoms with Gasteiger partial charge in [-0.15, -0.1) is 0 Å². The normalized spacial score (nSPS) is 39.1. The van der Waals surface area contributed by atoms with Gasteiger partial charge in [-0.2, -0.15) is 0 Å². The SMILES string of the molecule is CNCCN(CC1CCCCN1)C(=O)O/N=C(\C)[C@H]1CC[C@H]2[C@@H]3CCC4=CC(=O)CC[C@]4(C)[C@H]3CC[C@]12C. The van der Waals surface area contributed by atoms with Gasteiger partial charge < -0.3 is 15.5 Å². The number of nitrogens with zero attached hydrogens (tertiary/aromatic N) is 2. The fourth-order valence-corrected chi connectivity index (χ4v) is 9.33. The van der Waals surface area contributed by atoms with Gasteiger partial charge in [-0.05, 0) is 113 Å². The van der Waals surface area contributed by atoms with E-state index in [4.69, 9.17) is 4.84 Å². The highest BCUT2D eigenvalue weighted by Gasteiger charge is 2.59. The minimum Gasteiger partial charge on any atom is -0.318 e. The Labute approximate surface area is 229 Å². The van der Waals surface area contributed by atoms with Gasteiger partial charge >= 0.3 is 6.09 Å². The number of piperidine rings is 1. The summed E-state index contributed by atoms with van der Waals surface area (Å²) in [4.78, 5) is 32.7. The molecule has 7 atom stereocenters. The predicted octanol–water partition coefficient (Wildman–Crippen LogP) is 5.31. The molecule has 38 heavy (non-hydrogen) atoms. The topological polar surface area (TPSA) is 83.0 Å². The Morgan fingerprint density at radius 3 is 2.74 bits per heavy atom. The van der Waals surface area contributed by atoms with Crippen LogP contribution in [0.3, 0.4) is 0 Å². The van der Waals surface area contributed by atoms with Gasteiger partial charge in [0, 0.05) is 38.0 Å². The van der Waals surface area contributed by atoms with Gasteiger partial charge in [-0.3, -0.25) is 9.63 Å². The predicted molar refractivity (Wildman–Crippen MR) is 151 cm³/mol. The van der Waals surface area contributed by atoms with Crippen LogP contribution in [0.15, 0.2) is 16.8 Å². The van der Waals surface area contributed by atoms with Crippen LogP contribution in [0.2, 0.25) is 0 Å². The van der Waals surface area contributed by atoms with E-state index in [2.05, 4.69) is 36.6 Å². The molecule has 7 nitrogen and oxygen atoms in total. The second-order valence-corrected chi connectivity index (χ2v) is 13.4. The Morgan fingerprint density at radius 2 is 1.97 bits per heavy atom. The summed E-state index contributed by atoms with van der Waals surface area (Å²) in [6, 6.07) is 0.331. The summed E-state index contributed by atoms with van der Waals surface area (Å²) in [6.45, 7) is 10.1. The van der Waals surface area contributed by atoms with Crippen LogP contribution >= 0.6 is 0 Å². The number of rotatable bonds is 7. The minimum absolute atomic E-state index is 0.207. The fourth-order valence-electron chi connectivity index (χ4n) is 9.33. The highest BCUT2D eigenvalue weighted by Crippen LogP contribution is 2.66. The third-order valence-electron chi connectivity index (χ3n) is 11.5. The molecular formula is C31H50N4O3. The van der Waals surface area contributed by atoms with Crippen molar-refractivity contribution in [2.24, 2.45) is 39.7 Å². The molecule has 1 aliphatic heterocycles. The van der Waals surface area contributed by atoms with E-state index in [0.717, 1.165) is 50.4 Å². The first-order chi connectivity index (χ1) is 18.3. The van der Waals surface area contributed by atoms with Gasteiger partial charge in [0.25, 0.3) is 0 Å². The van der Waals surface area contributed by atoms with E-state index >= 15 is 0 Å². The lowest BCUT2D eigenvalue weighted by Gasteiger charge is -2.58. The monoisotopic (exact) mass is 526 g/mol. The van der Waals surface area contributed by atoms with Gasteiger partial charge in [-0.25, -0.2) is 4.79 Å². The van der Waals surface area contributed by atoms with Crippen molar-refractivity contribution < 1.29 is 14.4 Å². The molecule has 5 aliphatic rings. The highest BCUT2D eigenvalue weighted by molar-refractivity contribution is 5.91. The fraction of sp³-hybridized carbons (Fsp3) is 0.839. The molecule has 0 bridgehead atoms. The number of hydrogen-bond acceptors (Lipinski definition) is 6. The van der Waals surface area contributed by atoms with E-state index in [1.54, 1.807) is 0 Å². The number of nitrogens with one attached hydrogen (secondary N) is 2. The van der Waals surface area contributed by atoms with Crippen molar-refractivity contribution in [1.29, 1.82) is 0 Å². The molecule has 3 saturated carbocycles. The number of fused-ring (bicyclic) bond motifs is 5. The summed E-state index contributed by atoms with van der Waals surface area (Å²) in [6.07, 6.45) is 14.0. The Bertz CT molecular complexity index is 957. The summed E-state index contributed by atoms with van der Waals surface area (Å²) < 4.78 is 0. The molecule has 1 amide bonds. The average Bonchev–Trinajstić information content (AvgIpc) is 3.27. The van der Waals surface area contributed by atoms with Crippen LogP contribution in [0.5, 0.6) is 0 Å². The minimum atomic E-state index is -0.332. The lowest BCUT2D eigenvalue weighted by atomic mass is 9.46. The maximum atomic E-state index is 13.1. The number of amides is 1. The largest absolute Gasteiger partial charge is 0.436 e. The molecule has 2 N–H and O–H groups in total. The van der Waals surface area contributed by atoms with Crippen LogP contribution in [0.1, 0.15) is 91.4 Å². The van der Waals surface area contributed by atoms with E-state index in [9.17, 15) is 9.59 Å². The Morgan fingerprint density at radius 1 is 1.13 bits per heavy atom. The molecule has 1 saturated heterocycles. The van der Waals surface area contributed by atoms with Crippen LogP contribution in [-0.2, 0) is 9.63 Å². The first-order valence-electron chi connectivity index (χ1n) is 15.4. The quantitative estimate of drug-likeness (QED) is 0.267. The second kappa shape index (κ2) is 11.4. The zero-order chi connectivity index (χ0) is 26.9. The first kappa shape index (κ1) is 27.8. The number of carbonyl (C=O) groups is 2. The molecule has 5 rings (SSSR count). The zero-order valence-electron chi connectivity index (χ0n) is 24.2.